The molecule has 0 amide bonds. The number of aromatic nitrogens is 3. The van der Waals surface area contributed by atoms with Gasteiger partial charge in [-0.25, -0.2) is 9.67 Å². The molecule has 0 aliphatic heterocycles. The van der Waals surface area contributed by atoms with Crippen molar-refractivity contribution < 1.29 is 13.2 Å². The lowest BCUT2D eigenvalue weighted by molar-refractivity contribution is -0.136. The summed E-state index contributed by atoms with van der Waals surface area (Å²) in [5, 5.41) is 4.74. The first-order valence-corrected chi connectivity index (χ1v) is 10.1. The quantitative estimate of drug-likeness (QED) is 0.384. The number of benzene rings is 2. The molecule has 0 saturated heterocycles. The van der Waals surface area contributed by atoms with Gasteiger partial charge >= 0.3 is 6.18 Å². The number of aryl methyl sites for hydroxylation is 1. The molecule has 2 aromatic heterocycles. The molecule has 1 aliphatic rings. The highest BCUT2D eigenvalue weighted by atomic mass is 19.4. The first-order valence-electron chi connectivity index (χ1n) is 10.1. The lowest BCUT2D eigenvalue weighted by atomic mass is 10.0. The zero-order valence-corrected chi connectivity index (χ0v) is 16.4. The second-order valence-electron chi connectivity index (χ2n) is 7.71. The molecule has 3 nitrogen and oxygen atoms in total. The van der Waals surface area contributed by atoms with Crippen LogP contribution in [0.15, 0.2) is 60.7 Å². The van der Waals surface area contributed by atoms with Gasteiger partial charge in [0.2, 0.25) is 0 Å². The van der Waals surface area contributed by atoms with E-state index in [0.717, 1.165) is 24.8 Å². The molecular weight excluding hydrogens is 387 g/mol. The fourth-order valence-electron chi connectivity index (χ4n) is 3.82. The number of para-hydroxylation sites is 1. The number of alkyl halides is 3. The van der Waals surface area contributed by atoms with E-state index in [9.17, 15) is 13.2 Å². The van der Waals surface area contributed by atoms with Crippen LogP contribution in [0.3, 0.4) is 0 Å². The van der Waals surface area contributed by atoms with E-state index in [0.29, 0.717) is 22.6 Å². The summed E-state index contributed by atoms with van der Waals surface area (Å²) >= 11 is 0. The summed E-state index contributed by atoms with van der Waals surface area (Å²) in [7, 11) is 0. The smallest absolute Gasteiger partial charge is 0.228 e. The standard InChI is InChI=1S/C24H20F3N3/c1-2-15-8-10-16(11-9-15)20-14-19(24(25,26)27)21-22(17-12-13-17)29-30(23(21)28-20)18-6-4-3-5-7-18/h3-11,14,17H,2,12-13H2,1H3. The van der Waals surface area contributed by atoms with E-state index in [4.69, 9.17) is 0 Å². The maximum atomic E-state index is 14.1. The van der Waals surface area contributed by atoms with Crippen molar-refractivity contribution in [2.45, 2.75) is 38.3 Å². The van der Waals surface area contributed by atoms with E-state index in [2.05, 4.69) is 10.1 Å². The van der Waals surface area contributed by atoms with Crippen LogP contribution in [-0.4, -0.2) is 14.8 Å². The molecule has 0 bridgehead atoms. The number of hydrogen-bond donors (Lipinski definition) is 0. The Bertz CT molecular complexity index is 1200. The molecule has 0 N–H and O–H groups in total. The Hall–Kier alpha value is -3.15. The Morgan fingerprint density at radius 3 is 2.30 bits per heavy atom. The van der Waals surface area contributed by atoms with Crippen LogP contribution in [0.1, 0.15) is 42.5 Å². The summed E-state index contributed by atoms with van der Waals surface area (Å²) in [6.07, 6.45) is -1.91. The SMILES string of the molecule is CCc1ccc(-c2cc(C(F)(F)F)c3c(C4CC4)nn(-c4ccccc4)c3n2)cc1. The van der Waals surface area contributed by atoms with Gasteiger partial charge in [-0.15, -0.1) is 0 Å². The van der Waals surface area contributed by atoms with E-state index < -0.39 is 11.7 Å². The third-order valence-electron chi connectivity index (χ3n) is 5.59. The number of halogens is 3. The van der Waals surface area contributed by atoms with Gasteiger partial charge in [-0.05, 0) is 43.0 Å². The van der Waals surface area contributed by atoms with Crippen molar-refractivity contribution >= 4 is 11.0 Å². The van der Waals surface area contributed by atoms with Gasteiger partial charge in [0, 0.05) is 11.5 Å². The lowest BCUT2D eigenvalue weighted by Crippen LogP contribution is -2.08. The molecule has 0 atom stereocenters. The Kier molecular flexibility index (Phi) is 4.38. The van der Waals surface area contributed by atoms with E-state index in [1.165, 1.54) is 6.07 Å². The summed E-state index contributed by atoms with van der Waals surface area (Å²) in [6, 6.07) is 17.9. The average Bonchev–Trinajstić information content (AvgIpc) is 3.53. The topological polar surface area (TPSA) is 30.7 Å². The number of fused-ring (bicyclic) bond motifs is 1. The highest BCUT2D eigenvalue weighted by Gasteiger charge is 2.39. The minimum Gasteiger partial charge on any atom is -0.228 e. The fourth-order valence-corrected chi connectivity index (χ4v) is 3.82. The van der Waals surface area contributed by atoms with Gasteiger partial charge in [0.1, 0.15) is 0 Å². The molecule has 0 radical (unpaired) electrons. The third kappa shape index (κ3) is 3.26. The Balaban J connectivity index is 1.81. The van der Waals surface area contributed by atoms with Crippen molar-refractivity contribution in [1.82, 2.24) is 14.8 Å². The Morgan fingerprint density at radius 2 is 1.70 bits per heavy atom. The van der Waals surface area contributed by atoms with Crippen LogP contribution < -0.4 is 0 Å². The minimum atomic E-state index is -4.49. The molecule has 2 heterocycles. The first-order chi connectivity index (χ1) is 14.5. The Labute approximate surface area is 172 Å². The average molecular weight is 407 g/mol. The normalized spacial score (nSPS) is 14.4. The van der Waals surface area contributed by atoms with Crippen LogP contribution in [0.2, 0.25) is 0 Å². The van der Waals surface area contributed by atoms with Gasteiger partial charge < -0.3 is 0 Å². The third-order valence-corrected chi connectivity index (χ3v) is 5.59. The molecule has 6 heteroatoms. The minimum absolute atomic E-state index is 0.0649. The van der Waals surface area contributed by atoms with E-state index in [1.807, 2.05) is 61.5 Å². The van der Waals surface area contributed by atoms with Crippen LogP contribution >= 0.6 is 0 Å². The molecule has 30 heavy (non-hydrogen) atoms. The van der Waals surface area contributed by atoms with Crippen LogP contribution in [0, 0.1) is 0 Å². The van der Waals surface area contributed by atoms with Crippen molar-refractivity contribution in [3.63, 3.8) is 0 Å². The summed E-state index contributed by atoms with van der Waals surface area (Å²) in [6.45, 7) is 2.04. The van der Waals surface area contributed by atoms with E-state index in [1.54, 1.807) is 4.68 Å². The number of rotatable bonds is 4. The number of nitrogens with zero attached hydrogens (tertiary/aromatic N) is 3. The molecule has 4 aromatic rings. The van der Waals surface area contributed by atoms with Gasteiger partial charge in [-0.3, -0.25) is 0 Å². The van der Waals surface area contributed by atoms with Gasteiger partial charge in [-0.1, -0.05) is 49.4 Å². The van der Waals surface area contributed by atoms with Crippen LogP contribution in [-0.2, 0) is 12.6 Å². The van der Waals surface area contributed by atoms with Gasteiger partial charge in [0.25, 0.3) is 0 Å². The van der Waals surface area contributed by atoms with Crippen molar-refractivity contribution in [3.05, 3.63) is 77.5 Å². The summed E-state index contributed by atoms with van der Waals surface area (Å²) in [4.78, 5) is 4.68. The molecule has 1 saturated carbocycles. The predicted octanol–water partition coefficient (Wildman–Crippen LogP) is 6.55. The van der Waals surface area contributed by atoms with Gasteiger partial charge in [0.15, 0.2) is 5.65 Å². The predicted molar refractivity (Wildman–Crippen MR) is 111 cm³/mol. The number of hydrogen-bond acceptors (Lipinski definition) is 2. The summed E-state index contributed by atoms with van der Waals surface area (Å²) in [5.41, 5.74) is 2.89. The van der Waals surface area contributed by atoms with Gasteiger partial charge in [-0.2, -0.15) is 18.3 Å². The second kappa shape index (κ2) is 6.97. The Morgan fingerprint density at radius 1 is 1.00 bits per heavy atom. The highest BCUT2D eigenvalue weighted by molar-refractivity contribution is 5.87. The molecule has 0 unspecified atom stereocenters. The molecule has 5 rings (SSSR count). The molecule has 2 aromatic carbocycles. The fraction of sp³-hybridized carbons (Fsp3) is 0.250. The molecule has 1 fully saturated rings. The van der Waals surface area contributed by atoms with Crippen molar-refractivity contribution in [2.75, 3.05) is 0 Å². The molecule has 152 valence electrons. The zero-order chi connectivity index (χ0) is 20.9. The second-order valence-corrected chi connectivity index (χ2v) is 7.71. The first kappa shape index (κ1) is 18.9. The van der Waals surface area contributed by atoms with E-state index in [-0.39, 0.29) is 17.0 Å². The van der Waals surface area contributed by atoms with Gasteiger partial charge in [0.05, 0.1) is 28.0 Å². The monoisotopic (exact) mass is 407 g/mol. The molecular formula is C24H20F3N3. The summed E-state index contributed by atoms with van der Waals surface area (Å²) in [5.74, 6) is 0.0649. The van der Waals surface area contributed by atoms with Crippen molar-refractivity contribution in [2.24, 2.45) is 0 Å². The number of pyridine rings is 1. The molecule has 1 aliphatic carbocycles. The van der Waals surface area contributed by atoms with Crippen molar-refractivity contribution in [1.29, 1.82) is 0 Å². The van der Waals surface area contributed by atoms with Crippen LogP contribution in [0.5, 0.6) is 0 Å². The maximum absolute atomic E-state index is 14.1. The zero-order valence-electron chi connectivity index (χ0n) is 16.4. The largest absolute Gasteiger partial charge is 0.417 e. The van der Waals surface area contributed by atoms with Crippen LogP contribution in [0.25, 0.3) is 28.0 Å². The summed E-state index contributed by atoms with van der Waals surface area (Å²) < 4.78 is 44.0. The van der Waals surface area contributed by atoms with Crippen LogP contribution in [0.4, 0.5) is 13.2 Å². The maximum Gasteiger partial charge on any atom is 0.417 e. The highest BCUT2D eigenvalue weighted by Crippen LogP contribution is 2.46. The van der Waals surface area contributed by atoms with Crippen molar-refractivity contribution in [3.8, 4) is 16.9 Å². The lowest BCUT2D eigenvalue weighted by Gasteiger charge is -2.12. The molecule has 0 spiro atoms. The van der Waals surface area contributed by atoms with E-state index >= 15 is 0 Å².